The second-order valence-electron chi connectivity index (χ2n) is 16.9. The van der Waals surface area contributed by atoms with Crippen LogP contribution >= 0.6 is 0 Å². The molecule has 0 saturated heterocycles. The maximum atomic E-state index is 2.43. The molecule has 0 aliphatic heterocycles. The Morgan fingerprint density at radius 2 is 0.797 bits per heavy atom. The van der Waals surface area contributed by atoms with Gasteiger partial charge in [-0.15, -0.1) is 0 Å². The minimum Gasteiger partial charge on any atom is -0.310 e. The van der Waals surface area contributed by atoms with Crippen LogP contribution in [-0.2, 0) is 0 Å². The van der Waals surface area contributed by atoms with Gasteiger partial charge in [-0.1, -0.05) is 176 Å². The fraction of sp³-hybridized carbons (Fsp3) is 0. The molecule has 0 spiro atoms. The van der Waals surface area contributed by atoms with Crippen molar-refractivity contribution < 1.29 is 0 Å². The number of anilines is 3. The number of aromatic nitrogens is 1. The molecule has 0 radical (unpaired) electrons. The van der Waals surface area contributed by atoms with Crippen LogP contribution in [0.4, 0.5) is 17.1 Å². The van der Waals surface area contributed by atoms with Gasteiger partial charge in [0.15, 0.2) is 0 Å². The Bertz CT molecular complexity index is 3950. The summed E-state index contributed by atoms with van der Waals surface area (Å²) >= 11 is 0. The van der Waals surface area contributed by atoms with E-state index in [9.17, 15) is 0 Å². The molecule has 0 aliphatic carbocycles. The largest absolute Gasteiger partial charge is 0.310 e. The molecule has 0 amide bonds. The first-order valence-electron chi connectivity index (χ1n) is 22.1. The number of hydrogen-bond acceptors (Lipinski definition) is 1. The molecule has 0 N–H and O–H groups in total. The quantitative estimate of drug-likeness (QED) is 0.152. The van der Waals surface area contributed by atoms with Crippen LogP contribution in [0.3, 0.4) is 0 Å². The molecule has 0 aliphatic rings. The lowest BCUT2D eigenvalue weighted by Crippen LogP contribution is -2.10. The van der Waals surface area contributed by atoms with Crippen molar-refractivity contribution in [1.82, 2.24) is 4.57 Å². The fourth-order valence-corrected chi connectivity index (χ4v) is 10.3. The van der Waals surface area contributed by atoms with E-state index in [1.807, 2.05) is 0 Å². The first kappa shape index (κ1) is 36.2. The van der Waals surface area contributed by atoms with Crippen molar-refractivity contribution in [2.45, 2.75) is 0 Å². The molecule has 1 heterocycles. The topological polar surface area (TPSA) is 8.17 Å². The third kappa shape index (κ3) is 5.81. The highest BCUT2D eigenvalue weighted by Gasteiger charge is 2.20. The van der Waals surface area contributed by atoms with Crippen molar-refractivity contribution >= 4 is 92.7 Å². The van der Waals surface area contributed by atoms with Crippen LogP contribution in [-0.4, -0.2) is 4.57 Å². The number of para-hydroxylation sites is 1. The molecular formula is C62H40N2. The molecule has 298 valence electrons. The third-order valence-corrected chi connectivity index (χ3v) is 13.3. The summed E-state index contributed by atoms with van der Waals surface area (Å²) in [6.45, 7) is 0. The number of rotatable bonds is 6. The summed E-state index contributed by atoms with van der Waals surface area (Å²) in [7, 11) is 0. The Hall–Kier alpha value is -8.46. The average molecular weight is 813 g/mol. The maximum Gasteiger partial charge on any atom is 0.0547 e. The summed E-state index contributed by atoms with van der Waals surface area (Å²) in [6.07, 6.45) is 0. The molecule has 13 rings (SSSR count). The highest BCUT2D eigenvalue weighted by atomic mass is 15.1. The van der Waals surface area contributed by atoms with Crippen LogP contribution in [0, 0.1) is 0 Å². The number of nitrogens with zero attached hydrogens (tertiary/aromatic N) is 2. The smallest absolute Gasteiger partial charge is 0.0547 e. The van der Waals surface area contributed by atoms with E-state index in [1.165, 1.54) is 97.9 Å². The second kappa shape index (κ2) is 14.6. The van der Waals surface area contributed by atoms with E-state index in [-0.39, 0.29) is 0 Å². The van der Waals surface area contributed by atoms with Gasteiger partial charge in [0.1, 0.15) is 0 Å². The molecule has 64 heavy (non-hydrogen) atoms. The van der Waals surface area contributed by atoms with E-state index in [2.05, 4.69) is 252 Å². The van der Waals surface area contributed by atoms with E-state index in [0.717, 1.165) is 22.7 Å². The Morgan fingerprint density at radius 1 is 0.266 bits per heavy atom. The molecule has 0 atom stereocenters. The maximum absolute atomic E-state index is 2.43. The van der Waals surface area contributed by atoms with Gasteiger partial charge in [0.05, 0.1) is 11.0 Å². The minimum absolute atomic E-state index is 1.09. The first-order valence-corrected chi connectivity index (χ1v) is 22.1. The van der Waals surface area contributed by atoms with Gasteiger partial charge in [-0.2, -0.15) is 0 Å². The molecule has 0 bridgehead atoms. The van der Waals surface area contributed by atoms with Crippen molar-refractivity contribution in [3.8, 4) is 27.9 Å². The zero-order valence-corrected chi connectivity index (χ0v) is 35.0. The summed E-state index contributed by atoms with van der Waals surface area (Å²) in [5.74, 6) is 0. The Labute approximate surface area is 371 Å². The van der Waals surface area contributed by atoms with Crippen molar-refractivity contribution in [3.63, 3.8) is 0 Å². The predicted molar refractivity (Wildman–Crippen MR) is 274 cm³/mol. The van der Waals surface area contributed by atoms with Crippen LogP contribution in [0.5, 0.6) is 0 Å². The van der Waals surface area contributed by atoms with Gasteiger partial charge in [0.25, 0.3) is 0 Å². The van der Waals surface area contributed by atoms with Gasteiger partial charge in [-0.05, 0) is 143 Å². The Morgan fingerprint density at radius 3 is 1.55 bits per heavy atom. The zero-order chi connectivity index (χ0) is 42.1. The van der Waals surface area contributed by atoms with Crippen LogP contribution in [0.2, 0.25) is 0 Å². The first-order chi connectivity index (χ1) is 31.7. The lowest BCUT2D eigenvalue weighted by atomic mass is 9.96. The molecule has 12 aromatic carbocycles. The lowest BCUT2D eigenvalue weighted by Gasteiger charge is -2.27. The predicted octanol–water partition coefficient (Wildman–Crippen LogP) is 17.4. The molecule has 0 saturated carbocycles. The Kier molecular flexibility index (Phi) is 8.25. The molecule has 2 nitrogen and oxygen atoms in total. The normalized spacial score (nSPS) is 11.8. The van der Waals surface area contributed by atoms with Gasteiger partial charge in [-0.3, -0.25) is 0 Å². The monoisotopic (exact) mass is 812 g/mol. The SMILES string of the molecule is c1ccc(-n2c3cccc(-c4cccc(N(c5ccc(-c6ccc7c(ccc8ccccc87)c6)cc5)c5ccc6c(ccc7ccccc76)c5)c4)c3c3c4ccccc4ccc32)cc1. The van der Waals surface area contributed by atoms with Gasteiger partial charge < -0.3 is 9.47 Å². The van der Waals surface area contributed by atoms with Gasteiger partial charge in [0.2, 0.25) is 0 Å². The molecular weight excluding hydrogens is 773 g/mol. The van der Waals surface area contributed by atoms with Crippen molar-refractivity contribution in [2.24, 2.45) is 0 Å². The van der Waals surface area contributed by atoms with Crippen molar-refractivity contribution in [2.75, 3.05) is 4.90 Å². The fourth-order valence-electron chi connectivity index (χ4n) is 10.3. The van der Waals surface area contributed by atoms with Crippen molar-refractivity contribution in [1.29, 1.82) is 0 Å². The summed E-state index contributed by atoms with van der Waals surface area (Å²) in [6, 6.07) is 89.1. The standard InChI is InChI=1S/C62H40N2/c1-2-16-49(17-3-1)64-59-23-11-22-58(62(59)61-57-21-9-6-14-44(57)31-37-60(61)64)46-15-10-18-51(39-46)63(52-34-36-56-48(40-52)27-25-43-13-5-8-20-54(43)56)50-32-28-41(29-33-50)45-30-35-55-47(38-45)26-24-42-12-4-7-19-53(42)55/h1-40H. The zero-order valence-electron chi connectivity index (χ0n) is 35.0. The minimum atomic E-state index is 1.09. The highest BCUT2D eigenvalue weighted by Crippen LogP contribution is 2.44. The summed E-state index contributed by atoms with van der Waals surface area (Å²) in [5.41, 5.74) is 11.6. The number of benzene rings is 12. The molecule has 13 aromatic rings. The summed E-state index contributed by atoms with van der Waals surface area (Å²) < 4.78 is 2.43. The summed E-state index contributed by atoms with van der Waals surface area (Å²) in [5, 5.41) is 15.1. The highest BCUT2D eigenvalue weighted by molar-refractivity contribution is 6.25. The number of hydrogen-bond donors (Lipinski definition) is 0. The number of fused-ring (bicyclic) bond motifs is 11. The van der Waals surface area contributed by atoms with E-state index in [4.69, 9.17) is 0 Å². The van der Waals surface area contributed by atoms with Crippen LogP contribution in [0.15, 0.2) is 243 Å². The van der Waals surface area contributed by atoms with Gasteiger partial charge in [-0.25, -0.2) is 0 Å². The van der Waals surface area contributed by atoms with E-state index < -0.39 is 0 Å². The van der Waals surface area contributed by atoms with E-state index in [1.54, 1.807) is 0 Å². The van der Waals surface area contributed by atoms with E-state index in [0.29, 0.717) is 0 Å². The van der Waals surface area contributed by atoms with Gasteiger partial charge >= 0.3 is 0 Å². The van der Waals surface area contributed by atoms with E-state index >= 15 is 0 Å². The molecule has 0 unspecified atom stereocenters. The van der Waals surface area contributed by atoms with Crippen LogP contribution in [0.1, 0.15) is 0 Å². The molecule has 2 heteroatoms. The van der Waals surface area contributed by atoms with Crippen LogP contribution < -0.4 is 4.90 Å². The second-order valence-corrected chi connectivity index (χ2v) is 16.9. The third-order valence-electron chi connectivity index (χ3n) is 13.3. The van der Waals surface area contributed by atoms with Gasteiger partial charge in [0, 0.05) is 33.5 Å². The van der Waals surface area contributed by atoms with Crippen LogP contribution in [0.25, 0.3) is 104 Å². The Balaban J connectivity index is 0.986. The summed E-state index contributed by atoms with van der Waals surface area (Å²) in [4.78, 5) is 2.41. The average Bonchev–Trinajstić information content (AvgIpc) is 3.72. The van der Waals surface area contributed by atoms with Crippen molar-refractivity contribution in [3.05, 3.63) is 243 Å². The molecule has 1 aromatic heterocycles. The molecule has 0 fully saturated rings. The lowest BCUT2D eigenvalue weighted by molar-refractivity contribution is 1.18.